The summed E-state index contributed by atoms with van der Waals surface area (Å²) in [5.41, 5.74) is 0.398. The Morgan fingerprint density at radius 2 is 1.73 bits per heavy atom. The van der Waals surface area contributed by atoms with Gasteiger partial charge in [0, 0.05) is 12.1 Å². The van der Waals surface area contributed by atoms with Crippen LogP contribution in [0.1, 0.15) is 10.4 Å². The number of rotatable bonds is 4. The topological polar surface area (TPSA) is 139 Å². The van der Waals surface area contributed by atoms with Crippen molar-refractivity contribution in [3.05, 3.63) is 35.9 Å². The highest BCUT2D eigenvalue weighted by molar-refractivity contribution is 5.94. The van der Waals surface area contributed by atoms with Crippen LogP contribution in [0.4, 0.5) is 0 Å². The van der Waals surface area contributed by atoms with Crippen molar-refractivity contribution < 1.29 is 35.1 Å². The fourth-order valence-electron chi connectivity index (χ4n) is 2.21. The molecule has 8 heteroatoms. The molecule has 6 atom stereocenters. The Kier molecular flexibility index (Phi) is 5.46. The van der Waals surface area contributed by atoms with Gasteiger partial charge in [-0.05, 0) is 12.1 Å². The standard InChI is InChI=1S/C14H19NO7/c16-8(6-15-13(20)7-4-2-1-3-5-7)12-10(18)9(17)11(19)14(21)22-12/h1-5,8-12,14,16-19,21H,6H2,(H,15,20)/t8-,9+,10+,11+,12-,14+/m1/s1. The molecule has 22 heavy (non-hydrogen) atoms. The molecule has 122 valence electrons. The van der Waals surface area contributed by atoms with E-state index in [0.717, 1.165) is 0 Å². The van der Waals surface area contributed by atoms with Crippen molar-refractivity contribution in [3.63, 3.8) is 0 Å². The van der Waals surface area contributed by atoms with Crippen molar-refractivity contribution in [2.75, 3.05) is 6.54 Å². The fourth-order valence-corrected chi connectivity index (χ4v) is 2.21. The maximum absolute atomic E-state index is 11.8. The van der Waals surface area contributed by atoms with Crippen LogP contribution in [0.2, 0.25) is 0 Å². The summed E-state index contributed by atoms with van der Waals surface area (Å²) in [5.74, 6) is -0.425. The van der Waals surface area contributed by atoms with Crippen molar-refractivity contribution >= 4 is 5.91 Å². The van der Waals surface area contributed by atoms with E-state index in [1.54, 1.807) is 30.3 Å². The Morgan fingerprint density at radius 1 is 1.09 bits per heavy atom. The van der Waals surface area contributed by atoms with E-state index in [1.807, 2.05) is 0 Å². The Balaban J connectivity index is 1.92. The number of hydrogen-bond acceptors (Lipinski definition) is 7. The number of nitrogens with one attached hydrogen (secondary N) is 1. The van der Waals surface area contributed by atoms with Crippen LogP contribution in [0, 0.1) is 0 Å². The lowest BCUT2D eigenvalue weighted by atomic mass is 9.95. The SMILES string of the molecule is O=C(NC[C@@H](O)[C@H]1O[C@H](O)[C@@H](O)[C@@H](O)[C@@H]1O)c1ccccc1. The summed E-state index contributed by atoms with van der Waals surface area (Å²) in [6.07, 6.45) is -9.38. The van der Waals surface area contributed by atoms with Crippen LogP contribution >= 0.6 is 0 Å². The van der Waals surface area contributed by atoms with Crippen LogP contribution in [0.25, 0.3) is 0 Å². The molecule has 0 saturated carbocycles. The van der Waals surface area contributed by atoms with Gasteiger partial charge >= 0.3 is 0 Å². The first-order chi connectivity index (χ1) is 10.4. The van der Waals surface area contributed by atoms with Crippen LogP contribution in [0.3, 0.4) is 0 Å². The van der Waals surface area contributed by atoms with Crippen molar-refractivity contribution in [2.45, 2.75) is 36.8 Å². The van der Waals surface area contributed by atoms with E-state index in [4.69, 9.17) is 4.74 Å². The van der Waals surface area contributed by atoms with E-state index in [0.29, 0.717) is 5.56 Å². The third kappa shape index (κ3) is 3.61. The monoisotopic (exact) mass is 313 g/mol. The number of aliphatic hydroxyl groups excluding tert-OH is 5. The van der Waals surface area contributed by atoms with Gasteiger partial charge in [-0.3, -0.25) is 4.79 Å². The molecule has 0 aliphatic carbocycles. The molecular weight excluding hydrogens is 294 g/mol. The molecule has 0 spiro atoms. The van der Waals surface area contributed by atoms with E-state index >= 15 is 0 Å². The number of benzene rings is 1. The molecule has 1 aromatic rings. The predicted molar refractivity (Wildman–Crippen MR) is 73.7 cm³/mol. The highest BCUT2D eigenvalue weighted by Gasteiger charge is 2.45. The molecule has 6 N–H and O–H groups in total. The van der Waals surface area contributed by atoms with Crippen LogP contribution in [-0.4, -0.2) is 74.8 Å². The zero-order valence-corrected chi connectivity index (χ0v) is 11.6. The second-order valence-corrected chi connectivity index (χ2v) is 5.11. The van der Waals surface area contributed by atoms with Gasteiger partial charge in [0.05, 0.1) is 0 Å². The number of carbonyl (C=O) groups is 1. The third-order valence-corrected chi connectivity index (χ3v) is 3.51. The Hall–Kier alpha value is -1.55. The summed E-state index contributed by atoms with van der Waals surface area (Å²) in [5, 5.41) is 50.5. The summed E-state index contributed by atoms with van der Waals surface area (Å²) in [6, 6.07) is 8.32. The highest BCUT2D eigenvalue weighted by Crippen LogP contribution is 2.22. The Bertz CT molecular complexity index is 497. The van der Waals surface area contributed by atoms with Gasteiger partial charge in [0.25, 0.3) is 5.91 Å². The minimum absolute atomic E-state index is 0.259. The van der Waals surface area contributed by atoms with Crippen molar-refractivity contribution in [3.8, 4) is 0 Å². The lowest BCUT2D eigenvalue weighted by Crippen LogP contribution is -2.61. The summed E-state index contributed by atoms with van der Waals surface area (Å²) in [7, 11) is 0. The number of carbonyl (C=O) groups excluding carboxylic acids is 1. The first-order valence-electron chi connectivity index (χ1n) is 6.81. The van der Waals surface area contributed by atoms with Gasteiger partial charge in [-0.15, -0.1) is 0 Å². The smallest absolute Gasteiger partial charge is 0.251 e. The molecular formula is C14H19NO7. The van der Waals surface area contributed by atoms with Gasteiger partial charge in [0.15, 0.2) is 6.29 Å². The van der Waals surface area contributed by atoms with E-state index in [2.05, 4.69) is 5.32 Å². The molecule has 1 fully saturated rings. The maximum Gasteiger partial charge on any atom is 0.251 e. The average Bonchev–Trinajstić information content (AvgIpc) is 2.54. The van der Waals surface area contributed by atoms with E-state index in [1.165, 1.54) is 0 Å². The van der Waals surface area contributed by atoms with E-state index in [9.17, 15) is 30.3 Å². The highest BCUT2D eigenvalue weighted by atomic mass is 16.6. The van der Waals surface area contributed by atoms with Crippen LogP contribution in [0.15, 0.2) is 30.3 Å². The summed E-state index contributed by atoms with van der Waals surface area (Å²) in [6.45, 7) is -0.259. The molecule has 1 saturated heterocycles. The van der Waals surface area contributed by atoms with Crippen molar-refractivity contribution in [1.82, 2.24) is 5.32 Å². The number of amides is 1. The number of aliphatic hydroxyl groups is 5. The quantitative estimate of drug-likeness (QED) is 0.363. The summed E-state index contributed by atoms with van der Waals surface area (Å²) < 4.78 is 4.88. The third-order valence-electron chi connectivity index (χ3n) is 3.51. The summed E-state index contributed by atoms with van der Waals surface area (Å²) in [4.78, 5) is 11.8. The fraction of sp³-hybridized carbons (Fsp3) is 0.500. The lowest BCUT2D eigenvalue weighted by molar-refractivity contribution is -0.296. The lowest BCUT2D eigenvalue weighted by Gasteiger charge is -2.40. The molecule has 0 bridgehead atoms. The zero-order valence-electron chi connectivity index (χ0n) is 11.6. The van der Waals surface area contributed by atoms with Gasteiger partial charge in [-0.25, -0.2) is 0 Å². The number of ether oxygens (including phenoxy) is 1. The second kappa shape index (κ2) is 7.14. The molecule has 2 rings (SSSR count). The molecule has 0 radical (unpaired) electrons. The van der Waals surface area contributed by atoms with E-state index in [-0.39, 0.29) is 6.54 Å². The zero-order chi connectivity index (χ0) is 16.3. The summed E-state index contributed by atoms with van der Waals surface area (Å²) >= 11 is 0. The van der Waals surface area contributed by atoms with Gasteiger partial charge < -0.3 is 35.6 Å². The molecule has 8 nitrogen and oxygen atoms in total. The molecule has 1 heterocycles. The molecule has 0 aromatic heterocycles. The van der Waals surface area contributed by atoms with Crippen LogP contribution in [0.5, 0.6) is 0 Å². The van der Waals surface area contributed by atoms with Crippen molar-refractivity contribution in [1.29, 1.82) is 0 Å². The van der Waals surface area contributed by atoms with Gasteiger partial charge in [0.1, 0.15) is 30.5 Å². The van der Waals surface area contributed by atoms with Crippen LogP contribution < -0.4 is 5.32 Å². The number of hydrogen-bond donors (Lipinski definition) is 6. The molecule has 1 amide bonds. The molecule has 0 unspecified atom stereocenters. The minimum Gasteiger partial charge on any atom is -0.388 e. The largest absolute Gasteiger partial charge is 0.388 e. The van der Waals surface area contributed by atoms with Crippen molar-refractivity contribution in [2.24, 2.45) is 0 Å². The first-order valence-corrected chi connectivity index (χ1v) is 6.81. The molecule has 1 aliphatic rings. The average molecular weight is 313 g/mol. The van der Waals surface area contributed by atoms with Crippen LogP contribution in [-0.2, 0) is 4.74 Å². The normalized spacial score (nSPS) is 33.2. The van der Waals surface area contributed by atoms with Gasteiger partial charge in [-0.1, -0.05) is 18.2 Å². The van der Waals surface area contributed by atoms with Gasteiger partial charge in [0.2, 0.25) is 0 Å². The maximum atomic E-state index is 11.8. The Morgan fingerprint density at radius 3 is 2.36 bits per heavy atom. The minimum atomic E-state index is -1.73. The molecule has 1 aliphatic heterocycles. The molecule has 1 aromatic carbocycles. The first kappa shape index (κ1) is 16.8. The van der Waals surface area contributed by atoms with Gasteiger partial charge in [-0.2, -0.15) is 0 Å². The van der Waals surface area contributed by atoms with E-state index < -0.39 is 42.7 Å². The predicted octanol–water partition coefficient (Wildman–Crippen LogP) is -2.42. The Labute approximate surface area is 126 Å². The second-order valence-electron chi connectivity index (χ2n) is 5.11.